The normalized spacial score (nSPS) is 12.0. The van der Waals surface area contributed by atoms with Crippen LogP contribution >= 0.6 is 0 Å². The quantitative estimate of drug-likeness (QED) is 0.153. The lowest BCUT2D eigenvalue weighted by molar-refractivity contribution is -0.929. The smallest absolute Gasteiger partial charge is 0.0786 e. The molecule has 0 spiro atoms. The van der Waals surface area contributed by atoms with E-state index >= 15 is 0 Å². The first-order valence-electron chi connectivity index (χ1n) is 12.1. The monoisotopic (exact) mass is 354 g/mol. The molecule has 0 fully saturated rings. The van der Waals surface area contributed by atoms with Crippen LogP contribution in [0.1, 0.15) is 130 Å². The summed E-state index contributed by atoms with van der Waals surface area (Å²) in [4.78, 5) is 0. The Kier molecular flexibility index (Phi) is 18.7. The number of hydrogen-bond donors (Lipinski definition) is 0. The molecule has 0 N–H and O–H groups in total. The minimum absolute atomic E-state index is 1.36. The maximum atomic E-state index is 2.37. The molecular weight excluding hydrogens is 302 g/mol. The first-order valence-corrected chi connectivity index (χ1v) is 12.1. The van der Waals surface area contributed by atoms with Crippen LogP contribution in [0.4, 0.5) is 0 Å². The molecule has 0 aliphatic rings. The van der Waals surface area contributed by atoms with Crippen LogP contribution in [0.25, 0.3) is 0 Å². The molecule has 0 atom stereocenters. The number of nitrogens with zero attached hydrogens (tertiary/aromatic N) is 1. The van der Waals surface area contributed by atoms with Crippen LogP contribution in [0.15, 0.2) is 0 Å². The van der Waals surface area contributed by atoms with Crippen LogP contribution in [-0.4, -0.2) is 30.7 Å². The second-order valence-corrected chi connectivity index (χ2v) is 8.48. The number of rotatable bonds is 20. The third-order valence-corrected chi connectivity index (χ3v) is 5.94. The van der Waals surface area contributed by atoms with Crippen LogP contribution in [0.3, 0.4) is 0 Å². The summed E-state index contributed by atoms with van der Waals surface area (Å²) in [6.45, 7) is 15.2. The lowest BCUT2D eigenvalue weighted by Crippen LogP contribution is -2.50. The standard InChI is InChI=1S/C24H52N/c1-5-9-13-15-17-19-23-25(21-11-7-3,22-12-8-4)24-20-18-16-14-10-6-2/h5-24H2,1-4H3/q+1. The molecule has 0 aromatic rings. The maximum Gasteiger partial charge on any atom is 0.0786 e. The van der Waals surface area contributed by atoms with E-state index in [2.05, 4.69) is 27.7 Å². The fourth-order valence-electron chi connectivity index (χ4n) is 4.11. The van der Waals surface area contributed by atoms with Crippen LogP contribution in [0.5, 0.6) is 0 Å². The molecule has 0 aromatic heterocycles. The van der Waals surface area contributed by atoms with E-state index in [1.54, 1.807) is 0 Å². The molecule has 0 heterocycles. The molecule has 0 radical (unpaired) electrons. The summed E-state index contributed by atoms with van der Waals surface area (Å²) in [5.41, 5.74) is 0. The molecule has 0 amide bonds. The Morgan fingerprint density at radius 2 is 0.600 bits per heavy atom. The molecule has 1 nitrogen and oxygen atoms in total. The molecule has 0 aliphatic carbocycles. The van der Waals surface area contributed by atoms with Crippen molar-refractivity contribution in [2.75, 3.05) is 26.2 Å². The minimum Gasteiger partial charge on any atom is -0.324 e. The van der Waals surface area contributed by atoms with Crippen molar-refractivity contribution in [1.29, 1.82) is 0 Å². The van der Waals surface area contributed by atoms with Gasteiger partial charge >= 0.3 is 0 Å². The number of quaternary nitrogens is 1. The summed E-state index contributed by atoms with van der Waals surface area (Å²) in [5, 5.41) is 0. The summed E-state index contributed by atoms with van der Waals surface area (Å²) in [6, 6.07) is 0. The topological polar surface area (TPSA) is 0 Å². The van der Waals surface area contributed by atoms with Crippen LogP contribution < -0.4 is 0 Å². The van der Waals surface area contributed by atoms with Gasteiger partial charge in [0.05, 0.1) is 26.2 Å². The molecule has 0 unspecified atom stereocenters. The van der Waals surface area contributed by atoms with Gasteiger partial charge < -0.3 is 4.48 Å². The van der Waals surface area contributed by atoms with E-state index < -0.39 is 0 Å². The summed E-state index contributed by atoms with van der Waals surface area (Å²) in [7, 11) is 0. The molecule has 25 heavy (non-hydrogen) atoms. The fourth-order valence-corrected chi connectivity index (χ4v) is 4.11. The predicted octanol–water partition coefficient (Wildman–Crippen LogP) is 8.12. The Morgan fingerprint density at radius 1 is 0.320 bits per heavy atom. The number of unbranched alkanes of at least 4 members (excludes halogenated alkanes) is 12. The van der Waals surface area contributed by atoms with E-state index in [1.165, 1.54) is 133 Å². The average molecular weight is 355 g/mol. The average Bonchev–Trinajstić information content (AvgIpc) is 2.63. The molecule has 0 saturated heterocycles. The molecule has 152 valence electrons. The zero-order valence-electron chi connectivity index (χ0n) is 18.6. The van der Waals surface area contributed by atoms with Gasteiger partial charge in [0.1, 0.15) is 0 Å². The second-order valence-electron chi connectivity index (χ2n) is 8.48. The lowest BCUT2D eigenvalue weighted by atomic mass is 10.1. The summed E-state index contributed by atoms with van der Waals surface area (Å²) >= 11 is 0. The summed E-state index contributed by atoms with van der Waals surface area (Å²) in [5.74, 6) is 0. The van der Waals surface area contributed by atoms with Gasteiger partial charge in [-0.2, -0.15) is 0 Å². The van der Waals surface area contributed by atoms with Gasteiger partial charge in [-0.05, 0) is 38.5 Å². The van der Waals surface area contributed by atoms with Crippen molar-refractivity contribution in [2.24, 2.45) is 0 Å². The SMILES string of the molecule is CCCCCCCC[N+](CCCC)(CCCC)CCCCCCCC. The van der Waals surface area contributed by atoms with Gasteiger partial charge in [-0.3, -0.25) is 0 Å². The second kappa shape index (κ2) is 18.7. The molecule has 0 saturated carbocycles. The number of hydrogen-bond acceptors (Lipinski definition) is 0. The van der Waals surface area contributed by atoms with E-state index in [4.69, 9.17) is 0 Å². The van der Waals surface area contributed by atoms with Gasteiger partial charge in [0.15, 0.2) is 0 Å². The zero-order chi connectivity index (χ0) is 18.6. The van der Waals surface area contributed by atoms with Gasteiger partial charge in [0, 0.05) is 0 Å². The molecule has 0 aliphatic heterocycles. The van der Waals surface area contributed by atoms with Gasteiger partial charge in [-0.25, -0.2) is 0 Å². The zero-order valence-corrected chi connectivity index (χ0v) is 18.6. The lowest BCUT2D eigenvalue weighted by Gasteiger charge is -2.39. The van der Waals surface area contributed by atoms with Gasteiger partial charge in [-0.1, -0.05) is 91.9 Å². The first kappa shape index (κ1) is 25.0. The van der Waals surface area contributed by atoms with Gasteiger partial charge in [0.25, 0.3) is 0 Å². The van der Waals surface area contributed by atoms with Crippen LogP contribution in [-0.2, 0) is 0 Å². The highest BCUT2D eigenvalue weighted by Gasteiger charge is 2.25. The van der Waals surface area contributed by atoms with Crippen LogP contribution in [0.2, 0.25) is 0 Å². The third-order valence-electron chi connectivity index (χ3n) is 5.94. The highest BCUT2D eigenvalue weighted by atomic mass is 15.3. The van der Waals surface area contributed by atoms with Crippen molar-refractivity contribution in [2.45, 2.75) is 130 Å². The summed E-state index contributed by atoms with van der Waals surface area (Å²) < 4.78 is 1.45. The van der Waals surface area contributed by atoms with Crippen LogP contribution in [0, 0.1) is 0 Å². The van der Waals surface area contributed by atoms with E-state index in [0.29, 0.717) is 0 Å². The Balaban J connectivity index is 4.35. The molecular formula is C24H52N+. The van der Waals surface area contributed by atoms with Crippen molar-refractivity contribution in [3.63, 3.8) is 0 Å². The fraction of sp³-hybridized carbons (Fsp3) is 1.00. The largest absolute Gasteiger partial charge is 0.324 e. The van der Waals surface area contributed by atoms with Crippen molar-refractivity contribution in [1.82, 2.24) is 0 Å². The third kappa shape index (κ3) is 14.8. The Labute approximate surface area is 161 Å². The highest BCUT2D eigenvalue weighted by molar-refractivity contribution is 4.52. The predicted molar refractivity (Wildman–Crippen MR) is 116 cm³/mol. The Hall–Kier alpha value is -0.0400. The van der Waals surface area contributed by atoms with E-state index in [-0.39, 0.29) is 0 Å². The van der Waals surface area contributed by atoms with Crippen molar-refractivity contribution >= 4 is 0 Å². The van der Waals surface area contributed by atoms with Crippen molar-refractivity contribution < 1.29 is 4.48 Å². The summed E-state index contributed by atoms with van der Waals surface area (Å²) in [6.07, 6.45) is 22.9. The minimum atomic E-state index is 1.36. The van der Waals surface area contributed by atoms with E-state index in [0.717, 1.165) is 0 Å². The Bertz CT molecular complexity index is 222. The highest BCUT2D eigenvalue weighted by Crippen LogP contribution is 2.18. The Morgan fingerprint density at radius 3 is 0.960 bits per heavy atom. The van der Waals surface area contributed by atoms with Crippen molar-refractivity contribution in [3.05, 3.63) is 0 Å². The first-order chi connectivity index (χ1) is 12.2. The molecule has 0 aromatic carbocycles. The van der Waals surface area contributed by atoms with E-state index in [1.807, 2.05) is 0 Å². The molecule has 0 bridgehead atoms. The van der Waals surface area contributed by atoms with E-state index in [9.17, 15) is 0 Å². The molecule has 0 rings (SSSR count). The van der Waals surface area contributed by atoms with Gasteiger partial charge in [0.2, 0.25) is 0 Å². The maximum absolute atomic E-state index is 2.37. The molecule has 1 heteroatoms. The van der Waals surface area contributed by atoms with Gasteiger partial charge in [-0.15, -0.1) is 0 Å². The van der Waals surface area contributed by atoms with Crippen molar-refractivity contribution in [3.8, 4) is 0 Å².